The number of esters is 1. The van der Waals surface area contributed by atoms with E-state index in [-0.39, 0.29) is 24.2 Å². The van der Waals surface area contributed by atoms with Crippen molar-refractivity contribution in [2.45, 2.75) is 108 Å². The predicted octanol–water partition coefficient (Wildman–Crippen LogP) is -3.17. The first kappa shape index (κ1) is 55.2. The summed E-state index contributed by atoms with van der Waals surface area (Å²) in [6, 6.07) is 1.60. The number of phenolic OH excluding ortho intramolecular Hbond substituents is 1. The molecule has 7 atom stereocenters. The van der Waals surface area contributed by atoms with Crippen molar-refractivity contribution >= 4 is 41.8 Å². The molecule has 0 unspecified atom stereocenters. The van der Waals surface area contributed by atoms with Crippen molar-refractivity contribution in [2.24, 2.45) is 50.9 Å². The SMILES string of the molecule is C[C@@H](OC(=O)[C@@H](N)CCCCN)[C@H](N)C(=O)O.C[C@H](N)C(=O)O.NC(N)=NCCC[C@H](N)C(=O)O.N[C@@H](Cc1ccc(O)cc1)C(=O)O.O=C(O)[C@@H]1CCCN1. The fourth-order valence-electron chi connectivity index (χ4n) is 3.68. The molecule has 1 fully saturated rings. The Balaban J connectivity index is -0.000000652. The van der Waals surface area contributed by atoms with Crippen LogP contribution in [0.2, 0.25) is 0 Å². The fourth-order valence-corrected chi connectivity index (χ4v) is 3.68. The van der Waals surface area contributed by atoms with Crippen molar-refractivity contribution in [3.63, 3.8) is 0 Å². The molecule has 1 aromatic rings. The Hall–Kier alpha value is -5.17. The molecule has 2 rings (SSSR count). The van der Waals surface area contributed by atoms with E-state index in [0.717, 1.165) is 37.8 Å². The molecule has 0 aromatic heterocycles. The Morgan fingerprint density at radius 2 is 1.30 bits per heavy atom. The summed E-state index contributed by atoms with van der Waals surface area (Å²) in [5, 5.41) is 53.5. The second-order valence-electron chi connectivity index (χ2n) is 12.2. The number of hydrogen-bond donors (Lipinski definition) is 15. The number of aliphatic carboxylic acids is 5. The summed E-state index contributed by atoms with van der Waals surface area (Å²) in [6.45, 7) is 4.66. The first-order chi connectivity index (χ1) is 26.0. The number of hydrogen-bond acceptors (Lipinski definition) is 16. The van der Waals surface area contributed by atoms with Gasteiger partial charge in [0, 0.05) is 6.54 Å². The van der Waals surface area contributed by atoms with Crippen LogP contribution in [0.3, 0.4) is 0 Å². The monoisotopic (exact) mass is 806 g/mol. The van der Waals surface area contributed by atoms with Crippen LogP contribution < -0.4 is 51.2 Å². The van der Waals surface area contributed by atoms with Crippen LogP contribution in [0.5, 0.6) is 5.75 Å². The molecule has 1 saturated heterocycles. The maximum Gasteiger partial charge on any atom is 0.324 e. The molecule has 0 spiro atoms. The molecule has 322 valence electrons. The van der Waals surface area contributed by atoms with Gasteiger partial charge < -0.3 is 86.6 Å². The van der Waals surface area contributed by atoms with Gasteiger partial charge in [-0.25, -0.2) is 0 Å². The molecule has 0 bridgehead atoms. The number of aliphatic imine (C=N–C) groups is 1. The highest BCUT2D eigenvalue weighted by atomic mass is 16.5. The lowest BCUT2D eigenvalue weighted by atomic mass is 10.1. The summed E-state index contributed by atoms with van der Waals surface area (Å²) in [5.41, 5.74) is 42.5. The molecule has 23 heteroatoms. The molecule has 1 aliphatic rings. The number of carboxylic acid groups (broad SMARTS) is 5. The van der Waals surface area contributed by atoms with Crippen LogP contribution in [0.15, 0.2) is 29.3 Å². The van der Waals surface area contributed by atoms with Gasteiger partial charge in [-0.15, -0.1) is 0 Å². The molecule has 0 radical (unpaired) electrons. The zero-order chi connectivity index (χ0) is 44.0. The smallest absolute Gasteiger partial charge is 0.324 e. The molecule has 1 aliphatic heterocycles. The molecule has 0 saturated carbocycles. The van der Waals surface area contributed by atoms with Crippen LogP contribution in [0.1, 0.15) is 64.4 Å². The number of ether oxygens (including phenoxy) is 1. The van der Waals surface area contributed by atoms with E-state index in [1.165, 1.54) is 26.0 Å². The van der Waals surface area contributed by atoms with Crippen molar-refractivity contribution in [3.8, 4) is 5.75 Å². The third-order valence-electron chi connectivity index (χ3n) is 7.11. The van der Waals surface area contributed by atoms with Gasteiger partial charge in [-0.3, -0.25) is 33.8 Å². The first-order valence-corrected chi connectivity index (χ1v) is 17.4. The summed E-state index contributed by atoms with van der Waals surface area (Å²) in [6.07, 6.45) is 4.09. The number of nitrogens with two attached hydrogens (primary N) is 8. The summed E-state index contributed by atoms with van der Waals surface area (Å²) >= 11 is 0. The zero-order valence-corrected chi connectivity index (χ0v) is 31.7. The number of aromatic hydroxyl groups is 1. The van der Waals surface area contributed by atoms with E-state index in [1.54, 1.807) is 12.1 Å². The zero-order valence-electron chi connectivity index (χ0n) is 31.7. The third kappa shape index (κ3) is 31.2. The van der Waals surface area contributed by atoms with Gasteiger partial charge in [0.05, 0.1) is 0 Å². The largest absolute Gasteiger partial charge is 0.508 e. The molecule has 0 aliphatic carbocycles. The minimum atomic E-state index is -1.24. The fraction of sp³-hybridized carbons (Fsp3) is 0.606. The lowest BCUT2D eigenvalue weighted by Gasteiger charge is -2.19. The number of nitrogens with one attached hydrogen (secondary N) is 1. The topological polar surface area (TPSA) is 466 Å². The standard InChI is InChI=1S/C10H21N3O4.C9H11NO3.C6H14N4O2.C5H9NO2.C3H7NO2/c1-6(8(13)9(14)15)17-10(16)7(12)4-2-3-5-11;10-8(9(12)13)5-6-1-3-7(11)4-2-6;7-4(5(11)12)2-1-3-10-6(8)9;7-5(8)4-2-1-3-6-4;1-2(4)3(5)6/h6-8H,2-5,11-13H2,1H3,(H,14,15);1-4,8,11H,5,10H2,(H,12,13);4H,1-3,7H2,(H,11,12)(H4,8,9,10);4,6H,1-3H2,(H,7,8);2H,4H2,1H3,(H,5,6)/t6-,7+,8+;8-;2*4-;2-/m10000/s1. The maximum absolute atomic E-state index is 11.4. The molecule has 23 nitrogen and oxygen atoms in total. The normalized spacial score (nSPS) is 15.8. The van der Waals surface area contributed by atoms with Gasteiger partial charge in [-0.2, -0.15) is 0 Å². The van der Waals surface area contributed by atoms with Gasteiger partial charge in [-0.05, 0) is 89.6 Å². The number of unbranched alkanes of at least 4 members (excludes halogenated alkanes) is 1. The number of carbonyl (C=O) groups excluding carboxylic acids is 1. The molecule has 56 heavy (non-hydrogen) atoms. The van der Waals surface area contributed by atoms with Crippen molar-refractivity contribution in [2.75, 3.05) is 19.6 Å². The number of benzene rings is 1. The van der Waals surface area contributed by atoms with Crippen LogP contribution in [-0.2, 0) is 39.9 Å². The minimum absolute atomic E-state index is 0.0129. The Morgan fingerprint density at radius 3 is 1.68 bits per heavy atom. The summed E-state index contributed by atoms with van der Waals surface area (Å²) in [5.74, 6) is -5.38. The minimum Gasteiger partial charge on any atom is -0.508 e. The number of carboxylic acids is 5. The summed E-state index contributed by atoms with van der Waals surface area (Å²) in [7, 11) is 0. The second-order valence-corrected chi connectivity index (χ2v) is 12.2. The van der Waals surface area contributed by atoms with Gasteiger partial charge in [0.1, 0.15) is 48.1 Å². The van der Waals surface area contributed by atoms with Gasteiger partial charge >= 0.3 is 35.8 Å². The van der Waals surface area contributed by atoms with Crippen molar-refractivity contribution in [3.05, 3.63) is 29.8 Å². The average molecular weight is 807 g/mol. The maximum atomic E-state index is 11.4. The highest BCUT2D eigenvalue weighted by Crippen LogP contribution is 2.11. The number of rotatable bonds is 18. The van der Waals surface area contributed by atoms with E-state index >= 15 is 0 Å². The number of carbonyl (C=O) groups is 6. The number of nitrogens with zero attached hydrogens (tertiary/aromatic N) is 1. The van der Waals surface area contributed by atoms with Crippen LogP contribution in [0.4, 0.5) is 0 Å². The Labute approximate surface area is 324 Å². The highest BCUT2D eigenvalue weighted by Gasteiger charge is 2.26. The average Bonchev–Trinajstić information content (AvgIpc) is 3.67. The van der Waals surface area contributed by atoms with Gasteiger partial charge in [0.25, 0.3) is 0 Å². The second kappa shape index (κ2) is 32.1. The third-order valence-corrected chi connectivity index (χ3v) is 7.11. The lowest BCUT2D eigenvalue weighted by molar-refractivity contribution is -0.155. The number of phenols is 1. The van der Waals surface area contributed by atoms with Crippen LogP contribution in [0.25, 0.3) is 0 Å². The van der Waals surface area contributed by atoms with E-state index in [4.69, 9.17) is 81.2 Å². The van der Waals surface area contributed by atoms with Crippen molar-refractivity contribution in [1.82, 2.24) is 5.32 Å². The number of guanidine groups is 1. The van der Waals surface area contributed by atoms with E-state index in [2.05, 4.69) is 10.3 Å². The van der Waals surface area contributed by atoms with Crippen molar-refractivity contribution < 1.29 is 64.1 Å². The molecule has 1 aromatic carbocycles. The Kier molecular flexibility index (Phi) is 31.6. The van der Waals surface area contributed by atoms with Crippen molar-refractivity contribution in [1.29, 1.82) is 0 Å². The van der Waals surface area contributed by atoms with Gasteiger partial charge in [0.15, 0.2) is 5.96 Å². The first-order valence-electron chi connectivity index (χ1n) is 17.4. The van der Waals surface area contributed by atoms with E-state index in [9.17, 15) is 28.8 Å². The summed E-state index contributed by atoms with van der Waals surface area (Å²) in [4.78, 5) is 66.0. The lowest BCUT2D eigenvalue weighted by Crippen LogP contribution is -2.45. The molecule has 1 heterocycles. The molecular formula is C33H62N10O13. The predicted molar refractivity (Wildman–Crippen MR) is 205 cm³/mol. The highest BCUT2D eigenvalue weighted by molar-refractivity contribution is 5.78. The summed E-state index contributed by atoms with van der Waals surface area (Å²) < 4.78 is 4.86. The van der Waals surface area contributed by atoms with Gasteiger partial charge in [0.2, 0.25) is 0 Å². The van der Waals surface area contributed by atoms with Crippen LogP contribution in [-0.4, -0.2) is 134 Å². The molecular weight excluding hydrogens is 744 g/mol. The Bertz CT molecular complexity index is 1330. The van der Waals surface area contributed by atoms with E-state index < -0.39 is 72.1 Å². The molecule has 0 amide bonds. The quantitative estimate of drug-likeness (QED) is 0.0301. The van der Waals surface area contributed by atoms with E-state index in [1.807, 2.05) is 0 Å². The van der Waals surface area contributed by atoms with E-state index in [0.29, 0.717) is 32.4 Å². The van der Waals surface area contributed by atoms with Crippen LogP contribution in [0, 0.1) is 0 Å². The molecule has 23 N–H and O–H groups in total. The van der Waals surface area contributed by atoms with Gasteiger partial charge in [-0.1, -0.05) is 18.6 Å². The Morgan fingerprint density at radius 1 is 0.786 bits per heavy atom. The van der Waals surface area contributed by atoms with Crippen LogP contribution >= 0.6 is 0 Å².